The molecule has 1 atom stereocenters. The van der Waals surface area contributed by atoms with Crippen LogP contribution in [0, 0.1) is 6.92 Å². The van der Waals surface area contributed by atoms with Crippen LogP contribution >= 0.6 is 7.14 Å². The average Bonchev–Trinajstić information content (AvgIpc) is 2.81. The monoisotopic (exact) mass is 673 g/mol. The molecule has 0 spiro atoms. The van der Waals surface area contributed by atoms with Gasteiger partial charge in [-0.05, 0) is 19.9 Å². The van der Waals surface area contributed by atoms with Gasteiger partial charge in [-0.15, -0.1) is 0 Å². The molecular formula is C28H43BkOP. The summed E-state index contributed by atoms with van der Waals surface area (Å²) >= 11 is 0. The molecule has 1 rings (SSSR count). The molecule has 0 fully saturated rings. The van der Waals surface area contributed by atoms with Crippen molar-refractivity contribution < 1.29 is 4.57 Å². The normalized spacial score (nSPS) is 12.5. The maximum Gasteiger partial charge on any atom is 0.170 e. The molecule has 1 unspecified atom stereocenters. The van der Waals surface area contributed by atoms with Gasteiger partial charge < -0.3 is 4.57 Å². The van der Waals surface area contributed by atoms with Crippen LogP contribution in [0.3, 0.4) is 0 Å². The van der Waals surface area contributed by atoms with Gasteiger partial charge in [-0.1, -0.05) is 140 Å². The van der Waals surface area contributed by atoms with Crippen LogP contribution in [-0.4, -0.2) is 0 Å². The van der Waals surface area contributed by atoms with E-state index in [1.807, 2.05) is 97.9 Å². The van der Waals surface area contributed by atoms with Crippen LogP contribution in [-0.2, 0) is 4.57 Å². The quantitative estimate of drug-likeness (QED) is 0.199. The van der Waals surface area contributed by atoms with Crippen LogP contribution < -0.4 is 5.30 Å². The molecule has 175 valence electrons. The van der Waals surface area contributed by atoms with Gasteiger partial charge in [0.25, 0.3) is 0 Å². The molecule has 0 aliphatic heterocycles. The molecule has 1 radical (unpaired) electrons. The Morgan fingerprint density at radius 1 is 0.839 bits per heavy atom. The molecule has 1 aromatic carbocycles. The summed E-state index contributed by atoms with van der Waals surface area (Å²) in [5.74, 6) is 0. The predicted molar refractivity (Wildman–Crippen MR) is 143 cm³/mol. The van der Waals surface area contributed by atoms with E-state index in [0.29, 0.717) is 5.31 Å². The molecule has 1 nitrogen and oxygen atoms in total. The van der Waals surface area contributed by atoms with E-state index in [4.69, 9.17) is 0 Å². The Bertz CT molecular complexity index is 780. The molecule has 0 bridgehead atoms. The van der Waals surface area contributed by atoms with Gasteiger partial charge >= 0.3 is 0 Å². The third-order valence-electron chi connectivity index (χ3n) is 3.48. The molecule has 0 aromatic heterocycles. The number of hydrogen-bond acceptors (Lipinski definition) is 1. The van der Waals surface area contributed by atoms with Gasteiger partial charge in [-0.25, -0.2) is 0 Å². The zero-order valence-electron chi connectivity index (χ0n) is 20.8. The summed E-state index contributed by atoms with van der Waals surface area (Å²) in [5.41, 5.74) is 1.07. The van der Waals surface area contributed by atoms with E-state index in [2.05, 4.69) is 19.7 Å². The van der Waals surface area contributed by atoms with Gasteiger partial charge in [0.15, 0.2) is 7.14 Å². The third kappa shape index (κ3) is 11.4. The van der Waals surface area contributed by atoms with E-state index in [-0.39, 0.29) is 0 Å². The van der Waals surface area contributed by atoms with Gasteiger partial charge in [0, 0.05) is 15.9 Å². The largest absolute Gasteiger partial charge is 0.309 e. The van der Waals surface area contributed by atoms with Crippen molar-refractivity contribution in [1.82, 2.24) is 0 Å². The molecule has 1 aromatic rings. The van der Waals surface area contributed by atoms with Gasteiger partial charge in [0.05, 0.1) is 0 Å². The van der Waals surface area contributed by atoms with Crippen molar-refractivity contribution >= 4 is 12.4 Å². The Balaban J connectivity index is -0.000000477. The zero-order chi connectivity index (χ0) is 24.0. The first-order valence-electron chi connectivity index (χ1n) is 10.8. The van der Waals surface area contributed by atoms with Crippen LogP contribution in [0.25, 0.3) is 0 Å². The van der Waals surface area contributed by atoms with Crippen molar-refractivity contribution in [3.8, 4) is 0 Å². The molecule has 0 amide bonds. The second-order valence-electron chi connectivity index (χ2n) is 5.18. The van der Waals surface area contributed by atoms with Crippen molar-refractivity contribution in [2.24, 2.45) is 0 Å². The van der Waals surface area contributed by atoms with E-state index in [1.54, 1.807) is 36.5 Å². The first-order valence-corrected chi connectivity index (χ1v) is 12.5. The van der Waals surface area contributed by atoms with Crippen molar-refractivity contribution in [1.29, 1.82) is 0 Å². The van der Waals surface area contributed by atoms with Crippen LogP contribution in [0.5, 0.6) is 0 Å². The van der Waals surface area contributed by atoms with Gasteiger partial charge in [-0.2, -0.15) is 0 Å². The maximum absolute atomic E-state index is 14.2. The van der Waals surface area contributed by atoms with E-state index in [1.165, 1.54) is 0 Å². The average molecular weight is 674 g/mol. The topological polar surface area (TPSA) is 17.1 Å². The second-order valence-corrected chi connectivity index (χ2v) is 7.95. The Morgan fingerprint density at radius 2 is 1.32 bits per heavy atom. The second kappa shape index (κ2) is 22.9. The first-order chi connectivity index (χ1) is 14.5. The van der Waals surface area contributed by atoms with E-state index >= 15 is 0 Å². The molecule has 0 saturated carbocycles. The molecule has 0 N–H and O–H groups in total. The maximum atomic E-state index is 14.2. The number of aryl methyl sites for hydroxylation is 1. The summed E-state index contributed by atoms with van der Waals surface area (Å²) in [6.07, 6.45) is 16.0. The molecular weight excluding hydrogens is 630 g/mol. The Morgan fingerprint density at radius 3 is 1.71 bits per heavy atom. The summed E-state index contributed by atoms with van der Waals surface area (Å²) in [4.78, 5) is 0. The molecule has 0 heterocycles. The minimum atomic E-state index is -3.01. The number of hydrogen-bond donors (Lipinski definition) is 0. The fourth-order valence-electron chi connectivity index (χ4n) is 2.37. The fourth-order valence-corrected chi connectivity index (χ4v) is 5.22. The van der Waals surface area contributed by atoms with Gasteiger partial charge in [0.2, 0.25) is 0 Å². The minimum Gasteiger partial charge on any atom is -0.309 e. The zero-order valence-corrected chi connectivity index (χ0v) is 24.5. The number of benzene rings is 1. The summed E-state index contributed by atoms with van der Waals surface area (Å²) in [6, 6.07) is 7.83. The standard InChI is InChI=1S/C22H25OP.3C2H6.Bk/c1-6-10-15-20(9-4)24(23,21(13-8-3)16-11-7-2)22-17-12-14-19(5)18-22;3*1-2;/h6-18H,1-3H2,4-5H3;3*1-2H3;/b15-10-,16-11-,20-9+,21-13+;;;;. The smallest absolute Gasteiger partial charge is 0.170 e. The summed E-state index contributed by atoms with van der Waals surface area (Å²) < 4.78 is 14.2. The Hall–Kier alpha value is -3.37. The van der Waals surface area contributed by atoms with Crippen LogP contribution in [0.15, 0.2) is 109 Å². The fraction of sp³-hybridized carbons (Fsp3) is 0.286. The molecule has 3 heteroatoms. The third-order valence-corrected chi connectivity index (χ3v) is 6.65. The van der Waals surface area contributed by atoms with E-state index in [0.717, 1.165) is 16.2 Å². The molecule has 0 aliphatic rings. The summed E-state index contributed by atoms with van der Waals surface area (Å²) in [6.45, 7) is 27.1. The number of allylic oxidation sites excluding steroid dienone is 11. The van der Waals surface area contributed by atoms with Crippen LogP contribution in [0.2, 0.25) is 0 Å². The first kappa shape index (κ1) is 35.1. The van der Waals surface area contributed by atoms with E-state index < -0.39 is 7.14 Å². The molecule has 0 aliphatic carbocycles. The van der Waals surface area contributed by atoms with E-state index in [9.17, 15) is 4.57 Å². The summed E-state index contributed by atoms with van der Waals surface area (Å²) in [5, 5.41) is 2.27. The van der Waals surface area contributed by atoms with Gasteiger partial charge in [-0.3, -0.25) is 0 Å². The minimum absolute atomic E-state index is 0. The molecule has 0 saturated heterocycles. The van der Waals surface area contributed by atoms with Crippen LogP contribution in [0.1, 0.15) is 54.0 Å². The SMILES string of the molecule is C=C/C=C\C(=C/C)P(=O)(C(/C=C\C=C)=C/C=C)c1cccc(C)c1.CC.CC.CC.[Bk]. The van der Waals surface area contributed by atoms with Crippen molar-refractivity contribution in [3.63, 3.8) is 0 Å². The van der Waals surface area contributed by atoms with Crippen molar-refractivity contribution in [2.75, 3.05) is 0 Å². The Labute approximate surface area is 187 Å². The van der Waals surface area contributed by atoms with Gasteiger partial charge in [0.1, 0.15) is 0 Å². The van der Waals surface area contributed by atoms with Crippen molar-refractivity contribution in [3.05, 3.63) is 115 Å². The predicted octanol–water partition coefficient (Wildman–Crippen LogP) is 9.52. The summed E-state index contributed by atoms with van der Waals surface area (Å²) in [7, 11) is -3.01. The Kier molecular flexibility index (Phi) is 25.9. The number of rotatable bonds is 8. The van der Waals surface area contributed by atoms with Crippen molar-refractivity contribution in [2.45, 2.75) is 55.4 Å². The van der Waals surface area contributed by atoms with Crippen LogP contribution in [0.4, 0.5) is 0 Å². The molecule has 31 heavy (non-hydrogen) atoms.